The standard InChI is InChI=1S/C12H18BO4/c1-5-17-8-9-6-10(14-2)12(13-16-4)11(7-9)15-3/h6-7H,5,8H2,1-4H3. The van der Waals surface area contributed by atoms with Crippen molar-refractivity contribution in [3.8, 4) is 11.5 Å². The van der Waals surface area contributed by atoms with Gasteiger partial charge in [-0.2, -0.15) is 0 Å². The Morgan fingerprint density at radius 1 is 1.06 bits per heavy atom. The van der Waals surface area contributed by atoms with Crippen molar-refractivity contribution in [1.82, 2.24) is 0 Å². The van der Waals surface area contributed by atoms with Crippen molar-refractivity contribution in [2.24, 2.45) is 0 Å². The van der Waals surface area contributed by atoms with Crippen molar-refractivity contribution in [3.05, 3.63) is 17.7 Å². The fraction of sp³-hybridized carbons (Fsp3) is 0.500. The first-order valence-electron chi connectivity index (χ1n) is 5.45. The summed E-state index contributed by atoms with van der Waals surface area (Å²) in [5.41, 5.74) is 1.80. The van der Waals surface area contributed by atoms with Crippen LogP contribution in [0, 0.1) is 0 Å². The van der Waals surface area contributed by atoms with E-state index in [1.54, 1.807) is 28.8 Å². The van der Waals surface area contributed by atoms with E-state index in [1.807, 2.05) is 19.1 Å². The van der Waals surface area contributed by atoms with Gasteiger partial charge in [0.05, 0.1) is 20.8 Å². The zero-order valence-corrected chi connectivity index (χ0v) is 10.8. The van der Waals surface area contributed by atoms with Crippen LogP contribution in [0.3, 0.4) is 0 Å². The van der Waals surface area contributed by atoms with Crippen LogP contribution in [0.5, 0.6) is 11.5 Å². The molecule has 0 aliphatic rings. The van der Waals surface area contributed by atoms with Gasteiger partial charge in [-0.1, -0.05) is 0 Å². The van der Waals surface area contributed by atoms with Crippen LogP contribution in [-0.4, -0.2) is 35.4 Å². The summed E-state index contributed by atoms with van der Waals surface area (Å²) in [6, 6.07) is 3.84. The Morgan fingerprint density at radius 3 is 2.06 bits per heavy atom. The highest BCUT2D eigenvalue weighted by atomic mass is 16.5. The largest absolute Gasteiger partial charge is 0.497 e. The van der Waals surface area contributed by atoms with E-state index < -0.39 is 0 Å². The summed E-state index contributed by atoms with van der Waals surface area (Å²) >= 11 is 0. The molecule has 0 aliphatic carbocycles. The van der Waals surface area contributed by atoms with Gasteiger partial charge in [0, 0.05) is 19.2 Å². The first-order valence-corrected chi connectivity index (χ1v) is 5.45. The van der Waals surface area contributed by atoms with E-state index in [9.17, 15) is 0 Å². The Bertz CT molecular complexity index is 329. The summed E-state index contributed by atoms with van der Waals surface area (Å²) in [5, 5.41) is 0. The lowest BCUT2D eigenvalue weighted by atomic mass is 9.85. The molecule has 0 aliphatic heterocycles. The van der Waals surface area contributed by atoms with Gasteiger partial charge in [-0.15, -0.1) is 0 Å². The van der Waals surface area contributed by atoms with Crippen molar-refractivity contribution in [2.75, 3.05) is 27.9 Å². The molecule has 0 unspecified atom stereocenters. The smallest absolute Gasteiger partial charge is 0.337 e. The second-order valence-electron chi connectivity index (χ2n) is 3.40. The molecule has 1 aromatic rings. The zero-order valence-electron chi connectivity index (χ0n) is 10.8. The molecule has 1 aromatic carbocycles. The minimum Gasteiger partial charge on any atom is -0.497 e. The Kier molecular flexibility index (Phi) is 5.87. The predicted octanol–water partition coefficient (Wildman–Crippen LogP) is 1.13. The maximum atomic E-state index is 5.37. The SMILES string of the molecule is CCOCc1cc(OC)c([B]OC)c(OC)c1. The van der Waals surface area contributed by atoms with E-state index in [1.165, 1.54) is 0 Å². The summed E-state index contributed by atoms with van der Waals surface area (Å²) < 4.78 is 21.0. The molecule has 0 amide bonds. The first kappa shape index (κ1) is 13.9. The van der Waals surface area contributed by atoms with E-state index >= 15 is 0 Å². The fourth-order valence-corrected chi connectivity index (χ4v) is 1.53. The molecule has 93 valence electrons. The van der Waals surface area contributed by atoms with Crippen molar-refractivity contribution in [1.29, 1.82) is 0 Å². The molecule has 0 N–H and O–H groups in total. The fourth-order valence-electron chi connectivity index (χ4n) is 1.53. The third-order valence-corrected chi connectivity index (χ3v) is 2.31. The lowest BCUT2D eigenvalue weighted by Crippen LogP contribution is -2.21. The van der Waals surface area contributed by atoms with Gasteiger partial charge in [0.25, 0.3) is 0 Å². The number of hydrogen-bond donors (Lipinski definition) is 0. The molecule has 0 atom stereocenters. The van der Waals surface area contributed by atoms with Crippen molar-refractivity contribution >= 4 is 12.9 Å². The first-order chi connectivity index (χ1) is 8.26. The molecule has 0 saturated heterocycles. The lowest BCUT2D eigenvalue weighted by Gasteiger charge is -2.14. The molecule has 0 spiro atoms. The number of benzene rings is 1. The summed E-state index contributed by atoms with van der Waals surface area (Å²) in [5.74, 6) is 1.42. The summed E-state index contributed by atoms with van der Waals surface area (Å²) in [4.78, 5) is 0. The quantitative estimate of drug-likeness (QED) is 0.666. The maximum absolute atomic E-state index is 5.37. The lowest BCUT2D eigenvalue weighted by molar-refractivity contribution is 0.133. The highest BCUT2D eigenvalue weighted by molar-refractivity contribution is 6.49. The third-order valence-electron chi connectivity index (χ3n) is 2.31. The van der Waals surface area contributed by atoms with Gasteiger partial charge in [0.15, 0.2) is 0 Å². The molecule has 0 aromatic heterocycles. The van der Waals surface area contributed by atoms with Gasteiger partial charge in [0.1, 0.15) is 11.5 Å². The predicted molar refractivity (Wildman–Crippen MR) is 67.3 cm³/mol. The maximum Gasteiger partial charge on any atom is 0.337 e. The van der Waals surface area contributed by atoms with Gasteiger partial charge in [-0.25, -0.2) is 0 Å². The monoisotopic (exact) mass is 237 g/mol. The van der Waals surface area contributed by atoms with Crippen LogP contribution in [0.25, 0.3) is 0 Å². The van der Waals surface area contributed by atoms with Crippen molar-refractivity contribution in [2.45, 2.75) is 13.5 Å². The molecule has 5 heteroatoms. The molecule has 0 fully saturated rings. The molecule has 17 heavy (non-hydrogen) atoms. The van der Waals surface area contributed by atoms with E-state index in [0.29, 0.717) is 24.7 Å². The molecule has 0 saturated carbocycles. The second kappa shape index (κ2) is 7.19. The number of hydrogen-bond acceptors (Lipinski definition) is 4. The molecule has 0 bridgehead atoms. The number of ether oxygens (including phenoxy) is 3. The van der Waals surface area contributed by atoms with Crippen LogP contribution in [0.2, 0.25) is 0 Å². The molecular formula is C12H18BO4. The Morgan fingerprint density at radius 2 is 1.65 bits per heavy atom. The number of rotatable bonds is 7. The number of methoxy groups -OCH3 is 2. The Hall–Kier alpha value is -1.20. The summed E-state index contributed by atoms with van der Waals surface area (Å²) in [6.07, 6.45) is 0. The summed E-state index contributed by atoms with van der Waals surface area (Å²) in [6.45, 7) is 3.18. The Labute approximate surface area is 103 Å². The average Bonchev–Trinajstić information content (AvgIpc) is 2.37. The zero-order chi connectivity index (χ0) is 12.7. The minimum atomic E-state index is 0.538. The molecule has 4 nitrogen and oxygen atoms in total. The minimum absolute atomic E-state index is 0.538. The van der Waals surface area contributed by atoms with E-state index in [-0.39, 0.29) is 0 Å². The molecular weight excluding hydrogens is 219 g/mol. The van der Waals surface area contributed by atoms with E-state index in [0.717, 1.165) is 11.0 Å². The van der Waals surface area contributed by atoms with E-state index in [2.05, 4.69) is 0 Å². The van der Waals surface area contributed by atoms with Gasteiger partial charge in [0.2, 0.25) is 0 Å². The third kappa shape index (κ3) is 3.65. The van der Waals surface area contributed by atoms with Crippen LogP contribution in [0.4, 0.5) is 0 Å². The topological polar surface area (TPSA) is 36.9 Å². The molecule has 0 heterocycles. The van der Waals surface area contributed by atoms with E-state index in [4.69, 9.17) is 18.9 Å². The molecule has 1 radical (unpaired) electrons. The van der Waals surface area contributed by atoms with Gasteiger partial charge in [-0.05, 0) is 24.6 Å². The second-order valence-corrected chi connectivity index (χ2v) is 3.40. The average molecular weight is 237 g/mol. The van der Waals surface area contributed by atoms with Crippen molar-refractivity contribution in [3.63, 3.8) is 0 Å². The normalized spacial score (nSPS) is 10.1. The highest BCUT2D eigenvalue weighted by Gasteiger charge is 2.13. The van der Waals surface area contributed by atoms with Crippen LogP contribution in [0.15, 0.2) is 12.1 Å². The van der Waals surface area contributed by atoms with Crippen LogP contribution >= 0.6 is 0 Å². The van der Waals surface area contributed by atoms with Crippen LogP contribution < -0.4 is 14.9 Å². The van der Waals surface area contributed by atoms with Crippen LogP contribution in [-0.2, 0) is 16.0 Å². The summed E-state index contributed by atoms with van der Waals surface area (Å²) in [7, 11) is 6.42. The van der Waals surface area contributed by atoms with Gasteiger partial charge >= 0.3 is 7.48 Å². The Balaban J connectivity index is 3.05. The van der Waals surface area contributed by atoms with Crippen molar-refractivity contribution < 1.29 is 18.9 Å². The highest BCUT2D eigenvalue weighted by Crippen LogP contribution is 2.20. The molecule has 1 rings (SSSR count). The van der Waals surface area contributed by atoms with Gasteiger partial charge in [-0.3, -0.25) is 0 Å². The van der Waals surface area contributed by atoms with Gasteiger partial charge < -0.3 is 18.9 Å². The van der Waals surface area contributed by atoms with Crippen LogP contribution in [0.1, 0.15) is 12.5 Å².